The van der Waals surface area contributed by atoms with Crippen molar-refractivity contribution in [1.82, 2.24) is 9.80 Å². The van der Waals surface area contributed by atoms with Gasteiger partial charge in [0.2, 0.25) is 11.8 Å². The normalized spacial score (nSPS) is 27.8. The first-order valence-corrected chi connectivity index (χ1v) is 9.12. The van der Waals surface area contributed by atoms with Crippen LogP contribution in [0.5, 0.6) is 0 Å². The predicted molar refractivity (Wildman–Crippen MR) is 87.9 cm³/mol. The van der Waals surface area contributed by atoms with Gasteiger partial charge in [0.05, 0.1) is 5.41 Å². The number of nitrogens with zero attached hydrogens (tertiary/aromatic N) is 2. The van der Waals surface area contributed by atoms with Gasteiger partial charge in [0, 0.05) is 32.8 Å². The van der Waals surface area contributed by atoms with Crippen molar-refractivity contribution in [1.29, 1.82) is 0 Å². The Morgan fingerprint density at radius 3 is 2.39 bits per heavy atom. The minimum absolute atomic E-state index is 0.105. The Bertz CT molecular complexity index is 463. The zero-order valence-electron chi connectivity index (χ0n) is 14.7. The summed E-state index contributed by atoms with van der Waals surface area (Å²) in [6.07, 6.45) is 5.97. The van der Waals surface area contributed by atoms with Crippen molar-refractivity contribution in [2.45, 2.75) is 64.5 Å². The smallest absolute Gasteiger partial charge is 0.246 e. The molecule has 1 saturated carbocycles. The molecule has 1 atom stereocenters. The van der Waals surface area contributed by atoms with Crippen LogP contribution in [0.4, 0.5) is 0 Å². The van der Waals surface area contributed by atoms with Crippen LogP contribution in [0, 0.1) is 11.3 Å². The van der Waals surface area contributed by atoms with Gasteiger partial charge in [-0.3, -0.25) is 9.59 Å². The van der Waals surface area contributed by atoms with E-state index in [-0.39, 0.29) is 29.3 Å². The lowest BCUT2D eigenvalue weighted by atomic mass is 9.67. The summed E-state index contributed by atoms with van der Waals surface area (Å²) in [5.74, 6) is 0.974. The van der Waals surface area contributed by atoms with E-state index in [2.05, 4.69) is 0 Å². The fraction of sp³-hybridized carbons (Fsp3) is 0.889. The van der Waals surface area contributed by atoms with Gasteiger partial charge in [-0.15, -0.1) is 0 Å². The van der Waals surface area contributed by atoms with E-state index < -0.39 is 0 Å². The summed E-state index contributed by atoms with van der Waals surface area (Å²) in [5, 5.41) is 0. The molecule has 2 saturated heterocycles. The molecule has 2 aliphatic heterocycles. The molecule has 0 aromatic heterocycles. The van der Waals surface area contributed by atoms with Crippen molar-refractivity contribution in [3.8, 4) is 0 Å². The monoisotopic (exact) mass is 322 g/mol. The second kappa shape index (κ2) is 6.42. The summed E-state index contributed by atoms with van der Waals surface area (Å²) in [4.78, 5) is 29.7. The molecule has 5 nitrogen and oxygen atoms in total. The highest BCUT2D eigenvalue weighted by Crippen LogP contribution is 2.53. The van der Waals surface area contributed by atoms with Crippen molar-refractivity contribution < 1.29 is 14.3 Å². The highest BCUT2D eigenvalue weighted by atomic mass is 16.5. The zero-order valence-corrected chi connectivity index (χ0v) is 14.7. The first-order chi connectivity index (χ1) is 11.0. The van der Waals surface area contributed by atoms with Crippen LogP contribution in [0.3, 0.4) is 0 Å². The van der Waals surface area contributed by atoms with E-state index >= 15 is 0 Å². The van der Waals surface area contributed by atoms with Crippen molar-refractivity contribution in [2.75, 3.05) is 26.8 Å². The lowest BCUT2D eigenvalue weighted by Gasteiger charge is -2.56. The Morgan fingerprint density at radius 2 is 1.87 bits per heavy atom. The van der Waals surface area contributed by atoms with Crippen LogP contribution >= 0.6 is 0 Å². The van der Waals surface area contributed by atoms with Crippen molar-refractivity contribution in [3.05, 3.63) is 0 Å². The molecule has 3 rings (SSSR count). The zero-order chi connectivity index (χ0) is 16.6. The number of hydrogen-bond donors (Lipinski definition) is 0. The van der Waals surface area contributed by atoms with Crippen LogP contribution < -0.4 is 0 Å². The molecule has 2 amide bonds. The van der Waals surface area contributed by atoms with Crippen LogP contribution in [-0.4, -0.2) is 60.5 Å². The Kier molecular flexibility index (Phi) is 4.68. The molecule has 3 aliphatic rings. The average molecular weight is 322 g/mol. The molecule has 1 unspecified atom stereocenters. The number of amides is 2. The predicted octanol–water partition coefficient (Wildman–Crippen LogP) is 2.05. The molecular weight excluding hydrogens is 292 g/mol. The van der Waals surface area contributed by atoms with Crippen LogP contribution in [0.2, 0.25) is 0 Å². The topological polar surface area (TPSA) is 49.9 Å². The number of carbonyl (C=O) groups excluding carboxylic acids is 2. The van der Waals surface area contributed by atoms with Gasteiger partial charge in [-0.05, 0) is 45.4 Å². The second-order valence-electron chi connectivity index (χ2n) is 7.80. The molecule has 2 heterocycles. The third kappa shape index (κ3) is 2.67. The fourth-order valence-electron chi connectivity index (χ4n) is 4.80. The third-order valence-corrected chi connectivity index (χ3v) is 6.08. The van der Waals surface area contributed by atoms with Gasteiger partial charge in [0.1, 0.15) is 6.04 Å². The van der Waals surface area contributed by atoms with Crippen LogP contribution in [-0.2, 0) is 14.3 Å². The van der Waals surface area contributed by atoms with E-state index in [0.29, 0.717) is 5.92 Å². The molecule has 130 valence electrons. The number of likely N-dealkylation sites (tertiary alicyclic amines) is 2. The van der Waals surface area contributed by atoms with Crippen molar-refractivity contribution in [2.24, 2.45) is 11.3 Å². The van der Waals surface area contributed by atoms with Crippen molar-refractivity contribution >= 4 is 11.8 Å². The Morgan fingerprint density at radius 1 is 1.26 bits per heavy atom. The summed E-state index contributed by atoms with van der Waals surface area (Å²) in [7, 11) is 1.74. The summed E-state index contributed by atoms with van der Waals surface area (Å²) in [6, 6.07) is -0.106. The molecule has 1 aliphatic carbocycles. The maximum absolute atomic E-state index is 13.2. The van der Waals surface area contributed by atoms with Crippen LogP contribution in [0.1, 0.15) is 52.4 Å². The summed E-state index contributed by atoms with van der Waals surface area (Å²) in [6.45, 7) is 6.43. The van der Waals surface area contributed by atoms with Crippen LogP contribution in [0.15, 0.2) is 0 Å². The number of carbonyl (C=O) groups is 2. The minimum atomic E-state index is -0.370. The number of rotatable bonds is 4. The summed E-state index contributed by atoms with van der Waals surface area (Å²) in [5.41, 5.74) is -0.370. The summed E-state index contributed by atoms with van der Waals surface area (Å²) < 4.78 is 5.24. The first-order valence-electron chi connectivity index (χ1n) is 9.12. The quantitative estimate of drug-likeness (QED) is 0.744. The molecule has 5 heteroatoms. The number of methoxy groups -OCH3 is 1. The average Bonchev–Trinajstić information content (AvgIpc) is 3.04. The second-order valence-corrected chi connectivity index (χ2v) is 7.80. The number of hydrogen-bond acceptors (Lipinski definition) is 3. The van der Waals surface area contributed by atoms with Gasteiger partial charge in [0.25, 0.3) is 0 Å². The molecule has 0 aromatic carbocycles. The van der Waals surface area contributed by atoms with Gasteiger partial charge in [-0.25, -0.2) is 0 Å². The van der Waals surface area contributed by atoms with Crippen LogP contribution in [0.25, 0.3) is 0 Å². The Balaban J connectivity index is 1.71. The lowest BCUT2D eigenvalue weighted by molar-refractivity contribution is -0.185. The van der Waals surface area contributed by atoms with Gasteiger partial charge >= 0.3 is 0 Å². The number of ether oxygens (including phenoxy) is 1. The Hall–Kier alpha value is -1.10. The molecule has 0 radical (unpaired) electrons. The maximum atomic E-state index is 13.2. The van der Waals surface area contributed by atoms with Gasteiger partial charge < -0.3 is 14.5 Å². The van der Waals surface area contributed by atoms with E-state index in [4.69, 9.17) is 4.74 Å². The van der Waals surface area contributed by atoms with Gasteiger partial charge in [-0.2, -0.15) is 0 Å². The maximum Gasteiger partial charge on any atom is 0.246 e. The van der Waals surface area contributed by atoms with Crippen molar-refractivity contribution in [3.63, 3.8) is 0 Å². The van der Waals surface area contributed by atoms with E-state index in [1.165, 1.54) is 0 Å². The molecule has 1 spiro atoms. The molecule has 3 fully saturated rings. The number of β-lactam (4-membered cyclic amide) rings is 1. The molecule has 0 aromatic rings. The summed E-state index contributed by atoms with van der Waals surface area (Å²) >= 11 is 0. The van der Waals surface area contributed by atoms with E-state index in [9.17, 15) is 9.59 Å². The molecule has 0 bridgehead atoms. The molecule has 23 heavy (non-hydrogen) atoms. The largest absolute Gasteiger partial charge is 0.384 e. The molecular formula is C18H30N2O3. The highest BCUT2D eigenvalue weighted by Gasteiger charge is 2.65. The number of piperidine rings is 1. The molecule has 0 N–H and O–H groups in total. The SMILES string of the molecule is COCC1CCN(C(=O)C2N(C(C)C)C(=O)C23CCCC3)CC1. The fourth-order valence-corrected chi connectivity index (χ4v) is 4.80. The minimum Gasteiger partial charge on any atom is -0.384 e. The standard InChI is InChI=1S/C18H30N2O3/c1-13(2)20-15(18(17(20)22)8-4-5-9-18)16(21)19-10-6-14(7-11-19)12-23-3/h13-15H,4-12H2,1-3H3. The Labute approximate surface area is 139 Å². The first kappa shape index (κ1) is 16.7. The van der Waals surface area contributed by atoms with E-state index in [1.54, 1.807) is 7.11 Å². The third-order valence-electron chi connectivity index (χ3n) is 6.08. The van der Waals surface area contributed by atoms with Gasteiger partial charge in [0.15, 0.2) is 0 Å². The van der Waals surface area contributed by atoms with Gasteiger partial charge in [-0.1, -0.05) is 12.8 Å². The van der Waals surface area contributed by atoms with E-state index in [0.717, 1.165) is 58.2 Å². The lowest BCUT2D eigenvalue weighted by Crippen LogP contribution is -2.74. The highest BCUT2D eigenvalue weighted by molar-refractivity contribution is 6.02. The van der Waals surface area contributed by atoms with E-state index in [1.807, 2.05) is 23.6 Å².